The van der Waals surface area contributed by atoms with Crippen LogP contribution in [0.25, 0.3) is 0 Å². The van der Waals surface area contributed by atoms with Crippen molar-refractivity contribution in [2.75, 3.05) is 6.61 Å². The summed E-state index contributed by atoms with van der Waals surface area (Å²) < 4.78 is 0. The third-order valence-corrected chi connectivity index (χ3v) is 7.28. The van der Waals surface area contributed by atoms with Gasteiger partial charge in [-0.1, -0.05) is 133 Å². The maximum absolute atomic E-state index is 12.3. The average molecular weight is 560 g/mol. The van der Waals surface area contributed by atoms with Crippen LogP contribution in [0.4, 0.5) is 0 Å². The molecule has 0 unspecified atom stereocenters. The highest BCUT2D eigenvalue weighted by molar-refractivity contribution is 5.76. The number of nitrogens with one attached hydrogen (secondary N) is 1. The molecule has 0 saturated carbocycles. The van der Waals surface area contributed by atoms with E-state index in [9.17, 15) is 15.0 Å². The van der Waals surface area contributed by atoms with E-state index in [1.165, 1.54) is 83.5 Å². The summed E-state index contributed by atoms with van der Waals surface area (Å²) >= 11 is 0. The van der Waals surface area contributed by atoms with E-state index >= 15 is 0 Å². The molecule has 0 aromatic carbocycles. The van der Waals surface area contributed by atoms with Gasteiger partial charge < -0.3 is 15.5 Å². The molecule has 0 aliphatic heterocycles. The monoisotopic (exact) mass is 559 g/mol. The predicted octanol–water partition coefficient (Wildman–Crippen LogP) is 9.67. The number of aliphatic hydroxyl groups is 2. The molecule has 4 heteroatoms. The zero-order valence-electron chi connectivity index (χ0n) is 26.3. The van der Waals surface area contributed by atoms with Crippen LogP contribution in [-0.4, -0.2) is 34.9 Å². The van der Waals surface area contributed by atoms with Crippen molar-refractivity contribution in [2.45, 2.75) is 167 Å². The van der Waals surface area contributed by atoms with Crippen molar-refractivity contribution in [2.24, 2.45) is 0 Å². The van der Waals surface area contributed by atoms with Gasteiger partial charge in [-0.05, 0) is 64.2 Å². The highest BCUT2D eigenvalue weighted by Gasteiger charge is 2.17. The van der Waals surface area contributed by atoms with Crippen LogP contribution in [0.15, 0.2) is 48.6 Å². The number of allylic oxidation sites excluding steroid dienone is 7. The quantitative estimate of drug-likeness (QED) is 0.0631. The first-order valence-corrected chi connectivity index (χ1v) is 16.9. The van der Waals surface area contributed by atoms with Gasteiger partial charge >= 0.3 is 0 Å². The number of amides is 1. The van der Waals surface area contributed by atoms with E-state index in [4.69, 9.17) is 0 Å². The maximum Gasteiger partial charge on any atom is 0.220 e. The van der Waals surface area contributed by atoms with E-state index in [2.05, 4.69) is 55.6 Å². The van der Waals surface area contributed by atoms with Gasteiger partial charge in [0.15, 0.2) is 0 Å². The van der Waals surface area contributed by atoms with Gasteiger partial charge in [-0.3, -0.25) is 4.79 Å². The summed E-state index contributed by atoms with van der Waals surface area (Å²) in [5.74, 6) is -0.0921. The molecule has 0 aliphatic carbocycles. The van der Waals surface area contributed by atoms with Crippen molar-refractivity contribution >= 4 is 5.91 Å². The fraction of sp³-hybridized carbons (Fsp3) is 0.750. The van der Waals surface area contributed by atoms with Crippen LogP contribution in [0.2, 0.25) is 0 Å². The van der Waals surface area contributed by atoms with Crippen molar-refractivity contribution in [3.8, 4) is 0 Å². The molecule has 0 aromatic heterocycles. The molecule has 40 heavy (non-hydrogen) atoms. The molecule has 0 aliphatic rings. The topological polar surface area (TPSA) is 69.6 Å². The summed E-state index contributed by atoms with van der Waals surface area (Å²) in [5, 5.41) is 22.8. The molecule has 4 nitrogen and oxygen atoms in total. The molecule has 0 radical (unpaired) electrons. The van der Waals surface area contributed by atoms with Crippen LogP contribution in [0.3, 0.4) is 0 Å². The lowest BCUT2D eigenvalue weighted by Crippen LogP contribution is -2.45. The maximum atomic E-state index is 12.3. The third-order valence-electron chi connectivity index (χ3n) is 7.28. The van der Waals surface area contributed by atoms with Crippen molar-refractivity contribution in [3.05, 3.63) is 48.6 Å². The van der Waals surface area contributed by atoms with E-state index in [0.29, 0.717) is 6.42 Å². The summed E-state index contributed by atoms with van der Waals surface area (Å²) in [4.78, 5) is 12.3. The van der Waals surface area contributed by atoms with E-state index in [1.54, 1.807) is 6.08 Å². The van der Waals surface area contributed by atoms with Gasteiger partial charge in [0.25, 0.3) is 0 Å². The number of aliphatic hydroxyl groups excluding tert-OH is 2. The lowest BCUT2D eigenvalue weighted by Gasteiger charge is -2.19. The normalized spacial score (nSPS) is 13.8. The number of hydrogen-bond donors (Lipinski definition) is 3. The SMILES string of the molecule is CCCCC/C=C/C/C=C/CCCCCCCC(=O)N[C@@H](CO)[C@H](O)/C=C/CC/C=C/CCCCCCCCC. The van der Waals surface area contributed by atoms with Crippen molar-refractivity contribution in [1.82, 2.24) is 5.32 Å². The van der Waals surface area contributed by atoms with Gasteiger partial charge in [-0.25, -0.2) is 0 Å². The zero-order chi connectivity index (χ0) is 29.4. The van der Waals surface area contributed by atoms with Gasteiger partial charge in [0, 0.05) is 6.42 Å². The number of rotatable bonds is 29. The highest BCUT2D eigenvalue weighted by atomic mass is 16.3. The van der Waals surface area contributed by atoms with Crippen LogP contribution < -0.4 is 5.32 Å². The Bertz CT molecular complexity index is 652. The van der Waals surface area contributed by atoms with Crippen LogP contribution in [-0.2, 0) is 4.79 Å². The van der Waals surface area contributed by atoms with Crippen LogP contribution >= 0.6 is 0 Å². The molecule has 0 aromatic rings. The fourth-order valence-electron chi connectivity index (χ4n) is 4.63. The fourth-order valence-corrected chi connectivity index (χ4v) is 4.63. The van der Waals surface area contributed by atoms with Crippen LogP contribution in [0.1, 0.15) is 155 Å². The smallest absolute Gasteiger partial charge is 0.220 e. The van der Waals surface area contributed by atoms with E-state index < -0.39 is 12.1 Å². The van der Waals surface area contributed by atoms with Gasteiger partial charge in [-0.15, -0.1) is 0 Å². The molecule has 1 amide bonds. The zero-order valence-corrected chi connectivity index (χ0v) is 26.3. The summed E-state index contributed by atoms with van der Waals surface area (Å²) in [7, 11) is 0. The molecular formula is C36H65NO3. The molecule has 2 atom stereocenters. The molecule has 0 spiro atoms. The number of carbonyl (C=O) groups is 1. The largest absolute Gasteiger partial charge is 0.394 e. The Kier molecular flexibility index (Phi) is 30.6. The Balaban J connectivity index is 3.75. The Labute approximate surface area is 248 Å². The van der Waals surface area contributed by atoms with Gasteiger partial charge in [-0.2, -0.15) is 0 Å². The molecule has 0 rings (SSSR count). The molecule has 232 valence electrons. The Morgan fingerprint density at radius 3 is 1.65 bits per heavy atom. The minimum atomic E-state index is -0.866. The number of carbonyl (C=O) groups excluding carboxylic acids is 1. The number of hydrogen-bond acceptors (Lipinski definition) is 3. The molecular weight excluding hydrogens is 494 g/mol. The summed E-state index contributed by atoms with van der Waals surface area (Å²) in [6, 6.07) is -0.644. The molecule has 3 N–H and O–H groups in total. The first-order valence-electron chi connectivity index (χ1n) is 16.9. The first kappa shape index (κ1) is 38.4. The molecule has 0 fully saturated rings. The summed E-state index contributed by atoms with van der Waals surface area (Å²) in [5.41, 5.74) is 0. The lowest BCUT2D eigenvalue weighted by atomic mass is 10.1. The second kappa shape index (κ2) is 31.9. The Morgan fingerprint density at radius 1 is 0.600 bits per heavy atom. The number of unbranched alkanes of at least 4 members (excludes halogenated alkanes) is 16. The minimum Gasteiger partial charge on any atom is -0.394 e. The summed E-state index contributed by atoms with van der Waals surface area (Å²) in [6.07, 6.45) is 41.8. The van der Waals surface area contributed by atoms with E-state index in [1.807, 2.05) is 6.08 Å². The highest BCUT2D eigenvalue weighted by Crippen LogP contribution is 2.10. The molecule has 0 bridgehead atoms. The first-order chi connectivity index (χ1) is 19.7. The van der Waals surface area contributed by atoms with Crippen LogP contribution in [0.5, 0.6) is 0 Å². The van der Waals surface area contributed by atoms with E-state index in [-0.39, 0.29) is 12.5 Å². The predicted molar refractivity (Wildman–Crippen MR) is 175 cm³/mol. The van der Waals surface area contributed by atoms with Gasteiger partial charge in [0.1, 0.15) is 0 Å². The Hall–Kier alpha value is -1.65. The second-order valence-electron chi connectivity index (χ2n) is 11.2. The minimum absolute atomic E-state index is 0.0921. The average Bonchev–Trinajstić information content (AvgIpc) is 2.96. The van der Waals surface area contributed by atoms with Crippen molar-refractivity contribution < 1.29 is 15.0 Å². The second-order valence-corrected chi connectivity index (χ2v) is 11.2. The summed E-state index contributed by atoms with van der Waals surface area (Å²) in [6.45, 7) is 4.23. The third kappa shape index (κ3) is 27.9. The van der Waals surface area contributed by atoms with E-state index in [0.717, 1.165) is 51.4 Å². The molecule has 0 saturated heterocycles. The Morgan fingerprint density at radius 2 is 1.05 bits per heavy atom. The van der Waals surface area contributed by atoms with Crippen molar-refractivity contribution in [1.29, 1.82) is 0 Å². The van der Waals surface area contributed by atoms with Gasteiger partial charge in [0.05, 0.1) is 18.8 Å². The molecule has 0 heterocycles. The standard InChI is InChI=1S/C36H65NO3/c1-3-5-7-9-11-13-15-17-18-20-22-24-26-28-30-32-36(40)37-34(33-38)35(39)31-29-27-25-23-21-19-16-14-12-10-8-6-4-2/h11,13,17-18,21,23,29,31,34-35,38-39H,3-10,12,14-16,19-20,22,24-28,30,32-33H2,1-2H3,(H,37,40)/b13-11+,18-17+,23-21+,31-29+/t34-,35+/m0/s1. The lowest BCUT2D eigenvalue weighted by molar-refractivity contribution is -0.123. The van der Waals surface area contributed by atoms with Crippen molar-refractivity contribution in [3.63, 3.8) is 0 Å². The van der Waals surface area contributed by atoms with Crippen LogP contribution in [0, 0.1) is 0 Å². The van der Waals surface area contributed by atoms with Gasteiger partial charge in [0.2, 0.25) is 5.91 Å².